The number of thiophene rings is 1. The van der Waals surface area contributed by atoms with Crippen molar-refractivity contribution in [3.63, 3.8) is 0 Å². The predicted octanol–water partition coefficient (Wildman–Crippen LogP) is 5.79. The fourth-order valence-corrected chi connectivity index (χ4v) is 5.02. The molecule has 152 valence electrons. The Morgan fingerprint density at radius 2 is 2.00 bits per heavy atom. The predicted molar refractivity (Wildman–Crippen MR) is 126 cm³/mol. The zero-order valence-electron chi connectivity index (χ0n) is 16.2. The molecule has 0 saturated carbocycles. The first-order valence-corrected chi connectivity index (χ1v) is 11.1. The monoisotopic (exact) mass is 501 g/mol. The molecular weight excluding hydrogens is 486 g/mol. The standard InChI is InChI=1S/C22H17BrClN3O2S/c1-12-7-8-17(15(23)9-12)26-20(28)19-13(2)18-21(30-19)25-11-27(22(18)29)10-14-5-3-4-6-16(14)24/h3-9,11H,10H2,1-2H3,(H,26,28). The molecule has 5 nitrogen and oxygen atoms in total. The summed E-state index contributed by atoms with van der Waals surface area (Å²) >= 11 is 10.9. The largest absolute Gasteiger partial charge is 0.320 e. The number of nitrogens with zero attached hydrogens (tertiary/aromatic N) is 2. The Hall–Kier alpha value is -2.48. The summed E-state index contributed by atoms with van der Waals surface area (Å²) in [6.07, 6.45) is 1.50. The molecule has 2 aromatic carbocycles. The van der Waals surface area contributed by atoms with Crippen LogP contribution in [0, 0.1) is 13.8 Å². The first-order valence-electron chi connectivity index (χ1n) is 9.14. The van der Waals surface area contributed by atoms with Gasteiger partial charge in [-0.05, 0) is 64.7 Å². The van der Waals surface area contributed by atoms with E-state index >= 15 is 0 Å². The SMILES string of the molecule is Cc1ccc(NC(=O)c2sc3ncn(Cc4ccccc4Cl)c(=O)c3c2C)c(Br)c1. The van der Waals surface area contributed by atoms with Gasteiger partial charge in [0.2, 0.25) is 0 Å². The lowest BCUT2D eigenvalue weighted by Gasteiger charge is -2.08. The van der Waals surface area contributed by atoms with E-state index in [4.69, 9.17) is 11.6 Å². The Morgan fingerprint density at radius 3 is 2.73 bits per heavy atom. The van der Waals surface area contributed by atoms with Crippen molar-refractivity contribution in [2.45, 2.75) is 20.4 Å². The molecule has 0 aliphatic heterocycles. The maximum absolute atomic E-state index is 13.1. The van der Waals surface area contributed by atoms with Gasteiger partial charge in [-0.1, -0.05) is 35.9 Å². The molecule has 0 unspecified atom stereocenters. The Labute approximate surface area is 190 Å². The molecular formula is C22H17BrClN3O2S. The summed E-state index contributed by atoms with van der Waals surface area (Å²) in [5.41, 5.74) is 3.02. The van der Waals surface area contributed by atoms with Crippen LogP contribution in [0.5, 0.6) is 0 Å². The molecule has 4 aromatic rings. The van der Waals surface area contributed by atoms with E-state index in [0.717, 1.165) is 15.6 Å². The van der Waals surface area contributed by atoms with Crippen LogP contribution in [-0.2, 0) is 6.54 Å². The molecule has 0 atom stereocenters. The maximum atomic E-state index is 13.1. The van der Waals surface area contributed by atoms with Gasteiger partial charge in [0.15, 0.2) is 0 Å². The third kappa shape index (κ3) is 3.93. The van der Waals surface area contributed by atoms with Crippen LogP contribution < -0.4 is 10.9 Å². The molecule has 0 aliphatic rings. The Bertz CT molecular complexity index is 1350. The first-order chi connectivity index (χ1) is 14.3. The molecule has 30 heavy (non-hydrogen) atoms. The zero-order valence-corrected chi connectivity index (χ0v) is 19.4. The second-order valence-corrected chi connectivity index (χ2v) is 9.20. The van der Waals surface area contributed by atoms with Gasteiger partial charge >= 0.3 is 0 Å². The highest BCUT2D eigenvalue weighted by molar-refractivity contribution is 9.10. The van der Waals surface area contributed by atoms with Gasteiger partial charge in [0.05, 0.1) is 28.8 Å². The second kappa shape index (κ2) is 8.34. The van der Waals surface area contributed by atoms with Crippen LogP contribution in [0.4, 0.5) is 5.69 Å². The molecule has 0 aliphatic carbocycles. The van der Waals surface area contributed by atoms with E-state index in [9.17, 15) is 9.59 Å². The van der Waals surface area contributed by atoms with Gasteiger partial charge in [-0.15, -0.1) is 11.3 Å². The van der Waals surface area contributed by atoms with Gasteiger partial charge < -0.3 is 5.32 Å². The summed E-state index contributed by atoms with van der Waals surface area (Å²) < 4.78 is 2.32. The van der Waals surface area contributed by atoms with Crippen molar-refractivity contribution < 1.29 is 4.79 Å². The van der Waals surface area contributed by atoms with Crippen molar-refractivity contribution in [1.82, 2.24) is 9.55 Å². The molecule has 0 fully saturated rings. The van der Waals surface area contributed by atoms with E-state index in [1.54, 1.807) is 13.0 Å². The highest BCUT2D eigenvalue weighted by atomic mass is 79.9. The molecule has 0 bridgehead atoms. The van der Waals surface area contributed by atoms with Gasteiger partial charge in [0.25, 0.3) is 11.5 Å². The normalized spacial score (nSPS) is 11.1. The molecule has 2 heterocycles. The average molecular weight is 503 g/mol. The van der Waals surface area contributed by atoms with Crippen molar-refractivity contribution in [1.29, 1.82) is 0 Å². The summed E-state index contributed by atoms with van der Waals surface area (Å²) in [5.74, 6) is -0.267. The summed E-state index contributed by atoms with van der Waals surface area (Å²) in [4.78, 5) is 31.4. The van der Waals surface area contributed by atoms with Crippen LogP contribution in [0.1, 0.15) is 26.4 Å². The molecule has 4 rings (SSSR count). The second-order valence-electron chi connectivity index (χ2n) is 6.94. The van der Waals surface area contributed by atoms with Crippen LogP contribution in [-0.4, -0.2) is 15.5 Å². The minimum absolute atomic E-state index is 0.191. The van der Waals surface area contributed by atoms with E-state index in [1.807, 2.05) is 43.3 Å². The lowest BCUT2D eigenvalue weighted by atomic mass is 10.2. The average Bonchev–Trinajstić information content (AvgIpc) is 3.05. The fourth-order valence-electron chi connectivity index (χ4n) is 3.20. The van der Waals surface area contributed by atoms with E-state index < -0.39 is 0 Å². The number of nitrogens with one attached hydrogen (secondary N) is 1. The van der Waals surface area contributed by atoms with Crippen LogP contribution in [0.15, 0.2) is 58.1 Å². The summed E-state index contributed by atoms with van der Waals surface area (Å²) in [6, 6.07) is 13.1. The van der Waals surface area contributed by atoms with Gasteiger partial charge in [0, 0.05) is 9.50 Å². The minimum Gasteiger partial charge on any atom is -0.320 e. The van der Waals surface area contributed by atoms with Crippen LogP contribution in [0.2, 0.25) is 5.02 Å². The topological polar surface area (TPSA) is 64.0 Å². The van der Waals surface area contributed by atoms with Crippen molar-refractivity contribution in [2.75, 3.05) is 5.32 Å². The maximum Gasteiger partial charge on any atom is 0.266 e. The first kappa shape index (κ1) is 20.8. The van der Waals surface area contributed by atoms with Crippen LogP contribution in [0.25, 0.3) is 10.2 Å². The van der Waals surface area contributed by atoms with E-state index in [0.29, 0.717) is 37.9 Å². The molecule has 2 aromatic heterocycles. The van der Waals surface area contributed by atoms with E-state index in [-0.39, 0.29) is 11.5 Å². The third-order valence-electron chi connectivity index (χ3n) is 4.79. The number of aryl methyl sites for hydroxylation is 2. The van der Waals surface area contributed by atoms with Crippen molar-refractivity contribution in [2.24, 2.45) is 0 Å². The van der Waals surface area contributed by atoms with E-state index in [2.05, 4.69) is 26.2 Å². The molecule has 1 amide bonds. The number of rotatable bonds is 4. The lowest BCUT2D eigenvalue weighted by Crippen LogP contribution is -2.21. The highest BCUT2D eigenvalue weighted by Crippen LogP contribution is 2.29. The minimum atomic E-state index is -0.267. The molecule has 0 radical (unpaired) electrons. The number of anilines is 1. The zero-order chi connectivity index (χ0) is 21.4. The number of halogens is 2. The number of aromatic nitrogens is 2. The van der Waals surface area contributed by atoms with E-state index in [1.165, 1.54) is 22.2 Å². The molecule has 0 spiro atoms. The summed E-state index contributed by atoms with van der Waals surface area (Å²) in [6.45, 7) is 4.07. The summed E-state index contributed by atoms with van der Waals surface area (Å²) in [5, 5.41) is 3.96. The quantitative estimate of drug-likeness (QED) is 0.384. The van der Waals surface area contributed by atoms with Crippen molar-refractivity contribution >= 4 is 60.7 Å². The molecule has 1 N–H and O–H groups in total. The molecule has 8 heteroatoms. The number of carbonyl (C=O) groups is 1. The number of hydrogen-bond acceptors (Lipinski definition) is 4. The van der Waals surface area contributed by atoms with Gasteiger partial charge in [-0.3, -0.25) is 14.2 Å². The number of fused-ring (bicyclic) bond motifs is 1. The summed E-state index contributed by atoms with van der Waals surface area (Å²) in [7, 11) is 0. The number of hydrogen-bond donors (Lipinski definition) is 1. The van der Waals surface area contributed by atoms with Gasteiger partial charge in [-0.25, -0.2) is 4.98 Å². The van der Waals surface area contributed by atoms with Crippen molar-refractivity contribution in [3.8, 4) is 0 Å². The fraction of sp³-hybridized carbons (Fsp3) is 0.136. The van der Waals surface area contributed by atoms with Gasteiger partial charge in [0.1, 0.15) is 4.83 Å². The Balaban J connectivity index is 1.70. The van der Waals surface area contributed by atoms with Crippen molar-refractivity contribution in [3.05, 3.63) is 90.2 Å². The highest BCUT2D eigenvalue weighted by Gasteiger charge is 2.20. The number of benzene rings is 2. The van der Waals surface area contributed by atoms with Crippen LogP contribution in [0.3, 0.4) is 0 Å². The Kier molecular flexibility index (Phi) is 5.77. The number of carbonyl (C=O) groups excluding carboxylic acids is 1. The van der Waals surface area contributed by atoms with Gasteiger partial charge in [-0.2, -0.15) is 0 Å². The number of amides is 1. The molecule has 0 saturated heterocycles. The third-order valence-corrected chi connectivity index (χ3v) is 7.02. The lowest BCUT2D eigenvalue weighted by molar-refractivity contribution is 0.103. The van der Waals surface area contributed by atoms with Crippen LogP contribution >= 0.6 is 38.9 Å². The smallest absolute Gasteiger partial charge is 0.266 e. The Morgan fingerprint density at radius 1 is 1.23 bits per heavy atom.